The molecule has 0 saturated carbocycles. The van der Waals surface area contributed by atoms with Gasteiger partial charge in [0.05, 0.1) is 11.2 Å². The van der Waals surface area contributed by atoms with Crippen molar-refractivity contribution < 1.29 is 27.2 Å². The highest BCUT2D eigenvalue weighted by atomic mass is 19.4. The molecule has 1 aromatic carbocycles. The van der Waals surface area contributed by atoms with Crippen LogP contribution in [0.1, 0.15) is 27.7 Å². The van der Waals surface area contributed by atoms with E-state index >= 15 is 0 Å². The Balaban J connectivity index is 2.12. The van der Waals surface area contributed by atoms with Crippen molar-refractivity contribution in [3.8, 4) is 5.75 Å². The molecule has 1 aliphatic rings. The predicted octanol–water partition coefficient (Wildman–Crippen LogP) is 2.88. The lowest BCUT2D eigenvalue weighted by atomic mass is 9.79. The van der Waals surface area contributed by atoms with Gasteiger partial charge in [0.25, 0.3) is 0 Å². The lowest BCUT2D eigenvalue weighted by Crippen LogP contribution is -2.41. The molecule has 1 heterocycles. The van der Waals surface area contributed by atoms with Crippen LogP contribution in [0.2, 0.25) is 0 Å². The van der Waals surface area contributed by atoms with E-state index in [0.717, 1.165) is 0 Å². The number of halogens is 3. The van der Waals surface area contributed by atoms with E-state index < -0.39 is 24.7 Å². The van der Waals surface area contributed by atoms with Gasteiger partial charge in [-0.3, -0.25) is 0 Å². The minimum absolute atomic E-state index is 0.266. The first-order chi connectivity index (χ1) is 9.00. The summed E-state index contributed by atoms with van der Waals surface area (Å²) in [6.45, 7) is 7.64. The Morgan fingerprint density at radius 2 is 1.40 bits per heavy atom. The summed E-state index contributed by atoms with van der Waals surface area (Å²) in [5, 5.41) is 0. The highest BCUT2D eigenvalue weighted by Crippen LogP contribution is 2.36. The fraction of sp³-hybridized carbons (Fsp3) is 0.538. The molecule has 1 aromatic rings. The van der Waals surface area contributed by atoms with Crippen LogP contribution in [0.25, 0.3) is 0 Å². The van der Waals surface area contributed by atoms with Gasteiger partial charge in [-0.15, -0.1) is 13.2 Å². The number of hydrogen-bond donors (Lipinski definition) is 0. The van der Waals surface area contributed by atoms with Gasteiger partial charge in [0.1, 0.15) is 5.75 Å². The van der Waals surface area contributed by atoms with Crippen molar-refractivity contribution in [2.24, 2.45) is 0 Å². The van der Waals surface area contributed by atoms with E-state index in [-0.39, 0.29) is 5.75 Å². The van der Waals surface area contributed by atoms with Crippen molar-refractivity contribution >= 4 is 12.6 Å². The molecule has 1 fully saturated rings. The second-order valence-electron chi connectivity index (χ2n) is 5.71. The fourth-order valence-electron chi connectivity index (χ4n) is 1.81. The van der Waals surface area contributed by atoms with E-state index in [4.69, 9.17) is 9.31 Å². The maximum atomic E-state index is 12.1. The zero-order valence-corrected chi connectivity index (χ0v) is 11.7. The third kappa shape index (κ3) is 3.09. The summed E-state index contributed by atoms with van der Waals surface area (Å²) in [6, 6.07) is 5.49. The summed E-state index contributed by atoms with van der Waals surface area (Å²) >= 11 is 0. The third-order valence-corrected chi connectivity index (χ3v) is 3.64. The van der Waals surface area contributed by atoms with Gasteiger partial charge in [-0.25, -0.2) is 0 Å². The smallest absolute Gasteiger partial charge is 0.406 e. The summed E-state index contributed by atoms with van der Waals surface area (Å²) in [7, 11) is -0.597. The molecule has 0 atom stereocenters. The Hall–Kier alpha value is -1.21. The van der Waals surface area contributed by atoms with Crippen molar-refractivity contribution in [2.45, 2.75) is 45.3 Å². The molecule has 0 spiro atoms. The molecule has 20 heavy (non-hydrogen) atoms. The predicted molar refractivity (Wildman–Crippen MR) is 68.8 cm³/mol. The monoisotopic (exact) mass is 288 g/mol. The fourth-order valence-corrected chi connectivity index (χ4v) is 1.81. The van der Waals surface area contributed by atoms with Crippen molar-refractivity contribution in [2.75, 3.05) is 0 Å². The molecule has 110 valence electrons. The molecule has 0 amide bonds. The summed E-state index contributed by atoms with van der Waals surface area (Å²) in [5.74, 6) is -0.266. The number of benzene rings is 1. The first kappa shape index (κ1) is 15.2. The number of hydrogen-bond acceptors (Lipinski definition) is 3. The molecule has 0 aliphatic carbocycles. The lowest BCUT2D eigenvalue weighted by molar-refractivity contribution is -0.274. The van der Waals surface area contributed by atoms with Crippen LogP contribution < -0.4 is 10.2 Å². The maximum absolute atomic E-state index is 12.1. The average Bonchev–Trinajstić information content (AvgIpc) is 2.47. The van der Waals surface area contributed by atoms with Crippen molar-refractivity contribution in [3.63, 3.8) is 0 Å². The average molecular weight is 288 g/mol. The van der Waals surface area contributed by atoms with E-state index in [1.807, 2.05) is 27.7 Å². The van der Waals surface area contributed by atoms with Gasteiger partial charge in [0.15, 0.2) is 0 Å². The highest BCUT2D eigenvalue weighted by Gasteiger charge is 2.51. The SMILES string of the molecule is CC1(C)OB(c2ccc(OC(F)(F)F)cc2)OC1(C)C. The molecular weight excluding hydrogens is 272 g/mol. The zero-order valence-electron chi connectivity index (χ0n) is 11.7. The van der Waals surface area contributed by atoms with E-state index in [9.17, 15) is 13.2 Å². The van der Waals surface area contributed by atoms with Crippen LogP contribution in [0.5, 0.6) is 5.75 Å². The topological polar surface area (TPSA) is 27.7 Å². The minimum Gasteiger partial charge on any atom is -0.406 e. The van der Waals surface area contributed by atoms with Crippen LogP contribution in [-0.4, -0.2) is 24.7 Å². The first-order valence-electron chi connectivity index (χ1n) is 6.21. The summed E-state index contributed by atoms with van der Waals surface area (Å²) in [6.07, 6.45) is -4.69. The van der Waals surface area contributed by atoms with Gasteiger partial charge < -0.3 is 14.0 Å². The number of ether oxygens (including phenoxy) is 1. The molecule has 7 heteroatoms. The first-order valence-corrected chi connectivity index (χ1v) is 6.21. The van der Waals surface area contributed by atoms with Crippen molar-refractivity contribution in [1.82, 2.24) is 0 Å². The van der Waals surface area contributed by atoms with Crippen LogP contribution >= 0.6 is 0 Å². The molecule has 0 N–H and O–H groups in total. The number of alkyl halides is 3. The van der Waals surface area contributed by atoms with E-state index in [1.54, 1.807) is 0 Å². The van der Waals surface area contributed by atoms with Crippen LogP contribution in [0.3, 0.4) is 0 Å². The Kier molecular flexibility index (Phi) is 3.54. The van der Waals surface area contributed by atoms with Gasteiger partial charge in [-0.1, -0.05) is 12.1 Å². The molecule has 0 unspecified atom stereocenters. The lowest BCUT2D eigenvalue weighted by Gasteiger charge is -2.32. The van der Waals surface area contributed by atoms with Gasteiger partial charge in [-0.05, 0) is 45.3 Å². The number of rotatable bonds is 2. The Labute approximate surface area is 116 Å². The molecule has 0 radical (unpaired) electrons. The van der Waals surface area contributed by atoms with Gasteiger partial charge in [0.2, 0.25) is 0 Å². The molecule has 1 saturated heterocycles. The zero-order chi connectivity index (χ0) is 15.2. The Morgan fingerprint density at radius 3 is 1.80 bits per heavy atom. The van der Waals surface area contributed by atoms with Crippen molar-refractivity contribution in [3.05, 3.63) is 24.3 Å². The third-order valence-electron chi connectivity index (χ3n) is 3.64. The highest BCUT2D eigenvalue weighted by molar-refractivity contribution is 6.62. The van der Waals surface area contributed by atoms with Crippen LogP contribution in [-0.2, 0) is 9.31 Å². The Bertz CT molecular complexity index is 467. The standard InChI is InChI=1S/C13H16BF3O3/c1-11(2)12(3,4)20-14(19-11)9-5-7-10(8-6-9)18-13(15,16)17/h5-8H,1-4H3. The summed E-state index contributed by atoms with van der Waals surface area (Å²) in [4.78, 5) is 0. The molecule has 1 aliphatic heterocycles. The van der Waals surface area contributed by atoms with Crippen LogP contribution in [0.4, 0.5) is 13.2 Å². The van der Waals surface area contributed by atoms with Crippen LogP contribution in [0, 0.1) is 0 Å². The van der Waals surface area contributed by atoms with Gasteiger partial charge in [0, 0.05) is 0 Å². The molecule has 2 rings (SSSR count). The van der Waals surface area contributed by atoms with Crippen molar-refractivity contribution in [1.29, 1.82) is 0 Å². The molecule has 0 aromatic heterocycles. The van der Waals surface area contributed by atoms with Gasteiger partial charge >= 0.3 is 13.5 Å². The Morgan fingerprint density at radius 1 is 0.950 bits per heavy atom. The quantitative estimate of drug-likeness (QED) is 0.783. The molecule has 0 bridgehead atoms. The van der Waals surface area contributed by atoms with E-state index in [0.29, 0.717) is 5.46 Å². The molecule has 3 nitrogen and oxygen atoms in total. The summed E-state index contributed by atoms with van der Waals surface area (Å²) in [5.41, 5.74) is -0.324. The van der Waals surface area contributed by atoms with Crippen LogP contribution in [0.15, 0.2) is 24.3 Å². The molecular formula is C13H16BF3O3. The second kappa shape index (κ2) is 4.67. The summed E-state index contributed by atoms with van der Waals surface area (Å²) < 4.78 is 51.7. The van der Waals surface area contributed by atoms with Gasteiger partial charge in [-0.2, -0.15) is 0 Å². The maximum Gasteiger partial charge on any atom is 0.573 e. The minimum atomic E-state index is -4.69. The second-order valence-corrected chi connectivity index (χ2v) is 5.71. The largest absolute Gasteiger partial charge is 0.573 e. The normalized spacial score (nSPS) is 21.1. The van der Waals surface area contributed by atoms with E-state index in [2.05, 4.69) is 4.74 Å². The van der Waals surface area contributed by atoms with E-state index in [1.165, 1.54) is 24.3 Å².